The summed E-state index contributed by atoms with van der Waals surface area (Å²) in [6.07, 6.45) is 2.31. The van der Waals surface area contributed by atoms with Crippen LogP contribution >= 0.6 is 0 Å². The Hall–Kier alpha value is -2.79. The number of H-pyrrole nitrogens is 1. The van der Waals surface area contributed by atoms with Crippen LogP contribution in [-0.2, 0) is 14.5 Å². The Labute approximate surface area is 179 Å². The Morgan fingerprint density at radius 2 is 2.06 bits per heavy atom. The van der Waals surface area contributed by atoms with E-state index in [1.54, 1.807) is 0 Å². The van der Waals surface area contributed by atoms with Crippen molar-refractivity contribution in [2.24, 2.45) is 11.1 Å². The first-order valence-corrected chi connectivity index (χ1v) is 11.5. The van der Waals surface area contributed by atoms with Gasteiger partial charge in [-0.25, -0.2) is 15.1 Å². The fraction of sp³-hybridized carbons (Fsp3) is 0.333. The Morgan fingerprint density at radius 3 is 2.84 bits per heavy atom. The van der Waals surface area contributed by atoms with Crippen LogP contribution in [0.1, 0.15) is 24.7 Å². The lowest BCUT2D eigenvalue weighted by molar-refractivity contribution is 0.100. The number of fused-ring (bicyclic) bond motifs is 2. The Bertz CT molecular complexity index is 1340. The van der Waals surface area contributed by atoms with E-state index >= 15 is 0 Å². The van der Waals surface area contributed by atoms with Crippen LogP contribution < -0.4 is 5.14 Å². The minimum atomic E-state index is -4.04. The molecule has 1 saturated carbocycles. The number of nitrogens with zero attached hydrogens (tertiary/aromatic N) is 3. The van der Waals surface area contributed by atoms with Crippen molar-refractivity contribution in [3.63, 3.8) is 0 Å². The molecule has 5 rings (SSSR count). The van der Waals surface area contributed by atoms with Crippen LogP contribution in [0.2, 0.25) is 0 Å². The minimum Gasteiger partial charge on any atom is -0.393 e. The van der Waals surface area contributed by atoms with Gasteiger partial charge in [0.15, 0.2) is 0 Å². The highest BCUT2D eigenvalue weighted by Crippen LogP contribution is 2.38. The monoisotopic (exact) mass is 441 g/mol. The predicted molar refractivity (Wildman–Crippen MR) is 116 cm³/mol. The molecule has 31 heavy (non-hydrogen) atoms. The summed E-state index contributed by atoms with van der Waals surface area (Å²) in [6.45, 7) is 1.72. The van der Waals surface area contributed by atoms with Crippen LogP contribution in [0.3, 0.4) is 0 Å². The van der Waals surface area contributed by atoms with Crippen LogP contribution in [0.4, 0.5) is 0 Å². The van der Waals surface area contributed by atoms with E-state index in [4.69, 9.17) is 9.32 Å². The minimum absolute atomic E-state index is 0.0357. The Kier molecular flexibility index (Phi) is 4.82. The van der Waals surface area contributed by atoms with E-state index in [2.05, 4.69) is 27.1 Å². The molecule has 162 valence electrons. The number of nitrogens with two attached hydrogens (primary N) is 1. The SMILES string of the molecule is Cc1nc(-c2cc3ccccc3[nH]2)c2ccn([C@@H]3C[C@@H](COS(N)(=O)=O)[C@@H](O)C3)c2n1. The second-order valence-corrected chi connectivity index (χ2v) is 9.30. The third kappa shape index (κ3) is 3.83. The number of aromatic amines is 1. The standard InChI is InChI=1S/C21H23N5O4S/c1-12-23-20(18-9-13-4-2-3-5-17(13)25-18)16-6-7-26(21(16)24-12)15-8-14(19(27)10-15)11-30-31(22,28)29/h2-7,9,14-15,19,25,27H,8,10-11H2,1H3,(H2,22,28,29)/t14-,15+,19-/m0/s1. The Balaban J connectivity index is 1.50. The molecule has 4 N–H and O–H groups in total. The molecule has 0 amide bonds. The molecule has 3 aromatic heterocycles. The number of rotatable bonds is 5. The summed E-state index contributed by atoms with van der Waals surface area (Å²) in [6, 6.07) is 12.1. The zero-order chi connectivity index (χ0) is 21.8. The molecule has 0 radical (unpaired) electrons. The van der Waals surface area contributed by atoms with Crippen molar-refractivity contribution in [1.29, 1.82) is 0 Å². The van der Waals surface area contributed by atoms with Crippen molar-refractivity contribution in [2.45, 2.75) is 31.9 Å². The van der Waals surface area contributed by atoms with E-state index in [0.29, 0.717) is 18.7 Å². The van der Waals surface area contributed by atoms with Gasteiger partial charge in [0.1, 0.15) is 11.5 Å². The van der Waals surface area contributed by atoms with Gasteiger partial charge in [-0.15, -0.1) is 0 Å². The van der Waals surface area contributed by atoms with Crippen LogP contribution in [0.5, 0.6) is 0 Å². The van der Waals surface area contributed by atoms with Crippen LogP contribution in [-0.4, -0.2) is 45.8 Å². The molecule has 0 spiro atoms. The number of para-hydroxylation sites is 1. The molecule has 1 aliphatic carbocycles. The maximum absolute atomic E-state index is 11.1. The molecule has 10 heteroatoms. The van der Waals surface area contributed by atoms with Crippen molar-refractivity contribution in [1.82, 2.24) is 19.5 Å². The molecular weight excluding hydrogens is 418 g/mol. The first-order chi connectivity index (χ1) is 14.8. The number of aliphatic hydroxyl groups is 1. The van der Waals surface area contributed by atoms with Gasteiger partial charge in [-0.05, 0) is 38.0 Å². The highest BCUT2D eigenvalue weighted by molar-refractivity contribution is 7.84. The molecule has 9 nitrogen and oxygen atoms in total. The largest absolute Gasteiger partial charge is 0.393 e. The molecule has 4 aromatic rings. The lowest BCUT2D eigenvalue weighted by Crippen LogP contribution is -2.24. The number of hydrogen-bond acceptors (Lipinski definition) is 6. The molecule has 0 aliphatic heterocycles. The average Bonchev–Trinajstić information content (AvgIpc) is 3.41. The maximum atomic E-state index is 11.1. The van der Waals surface area contributed by atoms with Gasteiger partial charge in [0, 0.05) is 34.4 Å². The first-order valence-electron chi connectivity index (χ1n) is 10.1. The summed E-state index contributed by atoms with van der Waals surface area (Å²) < 4.78 is 29.0. The quantitative estimate of drug-likeness (QED) is 0.435. The number of aromatic nitrogens is 4. The number of nitrogens with one attached hydrogen (secondary N) is 1. The van der Waals surface area contributed by atoms with Crippen LogP contribution in [0.25, 0.3) is 33.3 Å². The number of aryl methyl sites for hydroxylation is 1. The number of benzene rings is 1. The van der Waals surface area contributed by atoms with Gasteiger partial charge in [-0.1, -0.05) is 18.2 Å². The normalized spacial score (nSPS) is 22.0. The predicted octanol–water partition coefficient (Wildman–Crippen LogP) is 2.42. The molecule has 0 unspecified atom stereocenters. The topological polar surface area (TPSA) is 136 Å². The second-order valence-electron chi connectivity index (χ2n) is 8.08. The maximum Gasteiger partial charge on any atom is 0.333 e. The van der Waals surface area contributed by atoms with Crippen molar-refractivity contribution >= 4 is 32.2 Å². The van der Waals surface area contributed by atoms with E-state index in [0.717, 1.165) is 33.3 Å². The summed E-state index contributed by atoms with van der Waals surface area (Å²) in [5, 5.41) is 17.4. The van der Waals surface area contributed by atoms with E-state index in [9.17, 15) is 13.5 Å². The van der Waals surface area contributed by atoms with E-state index in [-0.39, 0.29) is 18.6 Å². The van der Waals surface area contributed by atoms with Crippen molar-refractivity contribution in [3.05, 3.63) is 48.4 Å². The van der Waals surface area contributed by atoms with Crippen LogP contribution in [0, 0.1) is 12.8 Å². The lowest BCUT2D eigenvalue weighted by Gasteiger charge is -2.14. The Morgan fingerprint density at radius 1 is 1.26 bits per heavy atom. The van der Waals surface area contributed by atoms with E-state index in [1.165, 1.54) is 0 Å². The third-order valence-electron chi connectivity index (χ3n) is 5.94. The summed E-state index contributed by atoms with van der Waals surface area (Å²) in [4.78, 5) is 12.8. The molecule has 1 aromatic carbocycles. The molecule has 3 heterocycles. The highest BCUT2D eigenvalue weighted by Gasteiger charge is 2.35. The van der Waals surface area contributed by atoms with Crippen molar-refractivity contribution in [3.8, 4) is 11.4 Å². The van der Waals surface area contributed by atoms with E-state index in [1.807, 2.05) is 42.0 Å². The van der Waals surface area contributed by atoms with Gasteiger partial charge in [-0.2, -0.15) is 8.42 Å². The summed E-state index contributed by atoms with van der Waals surface area (Å²) in [7, 11) is -4.04. The first kappa shape index (κ1) is 20.1. The zero-order valence-electron chi connectivity index (χ0n) is 16.9. The molecule has 1 fully saturated rings. The van der Waals surface area contributed by atoms with Gasteiger partial charge in [-0.3, -0.25) is 4.18 Å². The van der Waals surface area contributed by atoms with E-state index < -0.39 is 16.4 Å². The van der Waals surface area contributed by atoms with Gasteiger partial charge in [0.25, 0.3) is 0 Å². The molecule has 1 aliphatic rings. The van der Waals surface area contributed by atoms with Gasteiger partial charge in [0.05, 0.1) is 24.1 Å². The van der Waals surface area contributed by atoms with Gasteiger partial charge >= 0.3 is 10.3 Å². The summed E-state index contributed by atoms with van der Waals surface area (Å²) in [5.41, 5.74) is 3.56. The van der Waals surface area contributed by atoms with Gasteiger partial charge in [0.2, 0.25) is 0 Å². The molecule has 3 atom stereocenters. The third-order valence-corrected chi connectivity index (χ3v) is 6.41. The average molecular weight is 442 g/mol. The highest BCUT2D eigenvalue weighted by atomic mass is 32.2. The zero-order valence-corrected chi connectivity index (χ0v) is 17.7. The van der Waals surface area contributed by atoms with Crippen molar-refractivity contribution in [2.75, 3.05) is 6.61 Å². The summed E-state index contributed by atoms with van der Waals surface area (Å²) in [5.74, 6) is 0.325. The van der Waals surface area contributed by atoms with Crippen molar-refractivity contribution < 1.29 is 17.7 Å². The number of aliphatic hydroxyl groups excluding tert-OH is 1. The smallest absolute Gasteiger partial charge is 0.333 e. The second kappa shape index (κ2) is 7.41. The molecular formula is C21H23N5O4S. The van der Waals surface area contributed by atoms with Crippen LogP contribution in [0.15, 0.2) is 42.6 Å². The fourth-order valence-electron chi connectivity index (χ4n) is 4.51. The van der Waals surface area contributed by atoms with Gasteiger partial charge < -0.3 is 14.7 Å². The lowest BCUT2D eigenvalue weighted by atomic mass is 10.1. The molecule has 0 bridgehead atoms. The molecule has 0 saturated heterocycles. The number of hydrogen-bond donors (Lipinski definition) is 3. The summed E-state index contributed by atoms with van der Waals surface area (Å²) >= 11 is 0. The fourth-order valence-corrected chi connectivity index (χ4v) is 4.87.